The third kappa shape index (κ3) is 3.12. The molecule has 0 N–H and O–H groups in total. The van der Waals surface area contributed by atoms with Crippen molar-refractivity contribution < 1.29 is 80.2 Å². The Morgan fingerprint density at radius 2 is 1.37 bits per heavy atom. The zero-order valence-corrected chi connectivity index (χ0v) is 15.2. The fraction of sp³-hybridized carbons (Fsp3) is 1.00. The Bertz CT molecular complexity index is 347. The quantitative estimate of drug-likeness (QED) is 0.474. The monoisotopic (exact) mass is 298 g/mol. The summed E-state index contributed by atoms with van der Waals surface area (Å²) in [5, 5.41) is 11.2. The smallest absolute Gasteiger partial charge is 0.853 e. The summed E-state index contributed by atoms with van der Waals surface area (Å²) >= 11 is 0. The van der Waals surface area contributed by atoms with Gasteiger partial charge in [0.25, 0.3) is 0 Å². The van der Waals surface area contributed by atoms with Gasteiger partial charge in [-0.25, -0.2) is 0 Å². The molecule has 3 aliphatic heterocycles. The molecule has 5 atom stereocenters. The molecule has 0 aromatic heterocycles. The van der Waals surface area contributed by atoms with E-state index in [0.717, 1.165) is 0 Å². The van der Waals surface area contributed by atoms with Crippen LogP contribution in [0.5, 0.6) is 0 Å². The van der Waals surface area contributed by atoms with Crippen LogP contribution in [-0.4, -0.2) is 48.9 Å². The molecule has 3 heterocycles. The molecule has 3 rings (SSSR count). The molecule has 0 bridgehead atoms. The molecule has 0 saturated carbocycles. The summed E-state index contributed by atoms with van der Waals surface area (Å²) in [5.74, 6) is -1.45. The van der Waals surface area contributed by atoms with Crippen molar-refractivity contribution in [3.63, 3.8) is 0 Å². The van der Waals surface area contributed by atoms with Gasteiger partial charge in [-0.1, -0.05) is 0 Å². The average molecular weight is 298 g/mol. The van der Waals surface area contributed by atoms with Crippen molar-refractivity contribution in [3.8, 4) is 0 Å². The summed E-state index contributed by atoms with van der Waals surface area (Å²) in [7, 11) is 0. The van der Waals surface area contributed by atoms with Gasteiger partial charge in [0.15, 0.2) is 17.9 Å². The van der Waals surface area contributed by atoms with Crippen molar-refractivity contribution in [1.82, 2.24) is 0 Å². The second-order valence-electron chi connectivity index (χ2n) is 5.87. The zero-order chi connectivity index (χ0) is 13.1. The van der Waals surface area contributed by atoms with Gasteiger partial charge in [-0.15, -0.1) is 6.61 Å². The number of hydrogen-bond donors (Lipinski definition) is 0. The molecule has 0 spiro atoms. The molecule has 0 radical (unpaired) electrons. The Hall–Kier alpha value is 1.40. The van der Waals surface area contributed by atoms with Gasteiger partial charge in [-0.3, -0.25) is 0 Å². The largest absolute Gasteiger partial charge is 1.00 e. The summed E-state index contributed by atoms with van der Waals surface area (Å²) in [4.78, 5) is 0. The van der Waals surface area contributed by atoms with Gasteiger partial charge >= 0.3 is 51.4 Å². The van der Waals surface area contributed by atoms with Gasteiger partial charge in [0.05, 0.1) is 6.10 Å². The van der Waals surface area contributed by atoms with Crippen molar-refractivity contribution in [2.24, 2.45) is 0 Å². The second-order valence-corrected chi connectivity index (χ2v) is 5.87. The first-order valence-electron chi connectivity index (χ1n) is 6.26. The molecular formula is C12H19KO6. The summed E-state index contributed by atoms with van der Waals surface area (Å²) in [5.41, 5.74) is 0. The molecule has 6 nitrogen and oxygen atoms in total. The SMILES string of the molecule is CC1(C)O[C@H]2[C@@H](O1)[C@@H](C[O-])O[C@@H]1OC(C)(C)O[C@@H]12.[K+]. The van der Waals surface area contributed by atoms with E-state index in [1.807, 2.05) is 27.7 Å². The van der Waals surface area contributed by atoms with Crippen molar-refractivity contribution in [2.75, 3.05) is 6.61 Å². The van der Waals surface area contributed by atoms with Crippen LogP contribution in [0.4, 0.5) is 0 Å². The number of ether oxygens (including phenoxy) is 5. The summed E-state index contributed by atoms with van der Waals surface area (Å²) in [6, 6.07) is 0. The summed E-state index contributed by atoms with van der Waals surface area (Å²) in [6.07, 6.45) is -2.18. The standard InChI is InChI=1S/C12H19O6.K/c1-11(2)15-7-6(5-13)14-10-9(8(7)16-11)17-12(3,4)18-10;/h6-10H,5H2,1-4H3;/q-1;+1/t6-,7+,8+,9-,10-;/m1./s1. The fourth-order valence-corrected chi connectivity index (χ4v) is 2.83. The Kier molecular flexibility index (Phi) is 4.89. The van der Waals surface area contributed by atoms with Gasteiger partial charge in [-0.05, 0) is 27.7 Å². The van der Waals surface area contributed by atoms with Crippen LogP contribution < -0.4 is 56.5 Å². The van der Waals surface area contributed by atoms with Crippen molar-refractivity contribution in [2.45, 2.75) is 70.0 Å². The topological polar surface area (TPSA) is 69.2 Å². The van der Waals surface area contributed by atoms with Gasteiger partial charge in [0, 0.05) is 0 Å². The second kappa shape index (κ2) is 5.55. The van der Waals surface area contributed by atoms with Crippen LogP contribution >= 0.6 is 0 Å². The Labute approximate surface area is 155 Å². The van der Waals surface area contributed by atoms with Gasteiger partial charge in [-0.2, -0.15) is 0 Å². The maximum absolute atomic E-state index is 11.2. The Morgan fingerprint density at radius 3 is 2.00 bits per heavy atom. The van der Waals surface area contributed by atoms with E-state index < -0.39 is 30.1 Å². The van der Waals surface area contributed by atoms with E-state index >= 15 is 0 Å². The van der Waals surface area contributed by atoms with Crippen LogP contribution in [-0.2, 0) is 23.7 Å². The van der Waals surface area contributed by atoms with Gasteiger partial charge in [0.1, 0.15) is 18.3 Å². The Balaban J connectivity index is 0.00000133. The average Bonchev–Trinajstić information content (AvgIpc) is 2.71. The summed E-state index contributed by atoms with van der Waals surface area (Å²) < 4.78 is 28.7. The van der Waals surface area contributed by atoms with E-state index in [4.69, 9.17) is 23.7 Å². The molecule has 0 aromatic carbocycles. The van der Waals surface area contributed by atoms with Crippen LogP contribution in [0.3, 0.4) is 0 Å². The third-order valence-electron chi connectivity index (χ3n) is 3.42. The Morgan fingerprint density at radius 1 is 0.842 bits per heavy atom. The number of hydrogen-bond acceptors (Lipinski definition) is 6. The molecule has 0 aliphatic carbocycles. The molecule has 3 aliphatic rings. The molecule has 0 amide bonds. The van der Waals surface area contributed by atoms with Crippen LogP contribution in [0, 0.1) is 0 Å². The molecule has 7 heteroatoms. The van der Waals surface area contributed by atoms with E-state index in [1.165, 1.54) is 0 Å². The van der Waals surface area contributed by atoms with Crippen molar-refractivity contribution in [1.29, 1.82) is 0 Å². The van der Waals surface area contributed by atoms with E-state index in [-0.39, 0.29) is 70.2 Å². The van der Waals surface area contributed by atoms with Crippen molar-refractivity contribution in [3.05, 3.63) is 0 Å². The first kappa shape index (κ1) is 16.8. The van der Waals surface area contributed by atoms with E-state index in [1.54, 1.807) is 0 Å². The minimum Gasteiger partial charge on any atom is -0.853 e. The zero-order valence-electron chi connectivity index (χ0n) is 12.0. The van der Waals surface area contributed by atoms with Crippen LogP contribution in [0.1, 0.15) is 27.7 Å². The minimum atomic E-state index is -0.728. The third-order valence-corrected chi connectivity index (χ3v) is 3.42. The number of rotatable bonds is 1. The number of fused-ring (bicyclic) bond motifs is 3. The van der Waals surface area contributed by atoms with Crippen LogP contribution in [0.15, 0.2) is 0 Å². The molecular weight excluding hydrogens is 279 g/mol. The molecule has 19 heavy (non-hydrogen) atoms. The minimum absolute atomic E-state index is 0. The van der Waals surface area contributed by atoms with E-state index in [2.05, 4.69) is 0 Å². The predicted molar refractivity (Wildman–Crippen MR) is 57.4 cm³/mol. The van der Waals surface area contributed by atoms with E-state index in [0.29, 0.717) is 0 Å². The first-order valence-corrected chi connectivity index (χ1v) is 6.26. The maximum atomic E-state index is 11.2. The van der Waals surface area contributed by atoms with E-state index in [9.17, 15) is 5.11 Å². The predicted octanol–water partition coefficient (Wildman–Crippen LogP) is -3.25. The van der Waals surface area contributed by atoms with Gasteiger partial charge < -0.3 is 28.8 Å². The van der Waals surface area contributed by atoms with Crippen LogP contribution in [0.25, 0.3) is 0 Å². The molecule has 3 saturated heterocycles. The molecule has 104 valence electrons. The molecule has 3 fully saturated rings. The maximum Gasteiger partial charge on any atom is 1.00 e. The first-order chi connectivity index (χ1) is 8.31. The van der Waals surface area contributed by atoms with Crippen LogP contribution in [0.2, 0.25) is 0 Å². The van der Waals surface area contributed by atoms with Crippen molar-refractivity contribution >= 4 is 0 Å². The van der Waals surface area contributed by atoms with Gasteiger partial charge in [0.2, 0.25) is 0 Å². The fourth-order valence-electron chi connectivity index (χ4n) is 2.83. The molecule has 0 unspecified atom stereocenters. The molecule has 0 aromatic rings. The summed E-state index contributed by atoms with van der Waals surface area (Å²) in [6.45, 7) is 6.90. The normalized spacial score (nSPS) is 46.3.